The summed E-state index contributed by atoms with van der Waals surface area (Å²) >= 11 is 1.89. The molecule has 0 atom stereocenters. The molecule has 5 rings (SSSR count). The van der Waals surface area contributed by atoms with Gasteiger partial charge in [-0.15, -0.1) is 11.3 Å². The standard InChI is InChI=1S/C24H28N2O2S/c1-16-4-2-5-21-24(16)19(15-28-21)17-8-11-26(12-9-17)13-10-18-14-20-22(29-18)6-3-7-23(27)25-20/h2,4-5,14-15,17H,3,6-13H2,1H3,(H,25,27). The highest BCUT2D eigenvalue weighted by atomic mass is 32.1. The molecule has 3 aromatic rings. The first kappa shape index (κ1) is 18.9. The van der Waals surface area contributed by atoms with Gasteiger partial charge in [-0.25, -0.2) is 0 Å². The van der Waals surface area contributed by atoms with E-state index in [9.17, 15) is 4.79 Å². The molecule has 1 N–H and O–H groups in total. The number of aryl methyl sites for hydroxylation is 2. The number of nitrogens with one attached hydrogen (secondary N) is 1. The van der Waals surface area contributed by atoms with E-state index in [-0.39, 0.29) is 5.91 Å². The highest BCUT2D eigenvalue weighted by molar-refractivity contribution is 7.12. The van der Waals surface area contributed by atoms with Crippen LogP contribution in [-0.2, 0) is 17.6 Å². The van der Waals surface area contributed by atoms with Crippen molar-refractivity contribution in [1.29, 1.82) is 0 Å². The second kappa shape index (κ2) is 7.96. The average molecular weight is 409 g/mol. The number of carbonyl (C=O) groups is 1. The Balaban J connectivity index is 1.19. The van der Waals surface area contributed by atoms with Crippen LogP contribution >= 0.6 is 11.3 Å². The number of furan rings is 1. The fourth-order valence-corrected chi connectivity index (χ4v) is 6.01. The molecule has 2 aromatic heterocycles. The van der Waals surface area contributed by atoms with Crippen LogP contribution in [0, 0.1) is 6.92 Å². The number of piperidine rings is 1. The van der Waals surface area contributed by atoms with Gasteiger partial charge in [0.05, 0.1) is 12.0 Å². The van der Waals surface area contributed by atoms with Crippen molar-refractivity contribution < 1.29 is 9.21 Å². The molecule has 0 spiro atoms. The molecule has 0 unspecified atom stereocenters. The van der Waals surface area contributed by atoms with E-state index in [1.807, 2.05) is 17.6 Å². The molecule has 4 heterocycles. The number of thiophene rings is 1. The summed E-state index contributed by atoms with van der Waals surface area (Å²) < 4.78 is 5.83. The van der Waals surface area contributed by atoms with Gasteiger partial charge < -0.3 is 14.6 Å². The molecule has 1 amide bonds. The van der Waals surface area contributed by atoms with E-state index < -0.39 is 0 Å². The molecule has 1 aromatic carbocycles. The van der Waals surface area contributed by atoms with Crippen molar-refractivity contribution in [2.75, 3.05) is 25.0 Å². The minimum atomic E-state index is 0.164. The number of anilines is 1. The maximum Gasteiger partial charge on any atom is 0.224 e. The molecule has 152 valence electrons. The Labute approximate surface area is 175 Å². The van der Waals surface area contributed by atoms with E-state index in [2.05, 4.69) is 41.4 Å². The van der Waals surface area contributed by atoms with Gasteiger partial charge in [-0.05, 0) is 75.7 Å². The largest absolute Gasteiger partial charge is 0.464 e. The summed E-state index contributed by atoms with van der Waals surface area (Å²) in [5.74, 6) is 0.763. The molecule has 1 saturated heterocycles. The normalized spacial score (nSPS) is 18.6. The highest BCUT2D eigenvalue weighted by Crippen LogP contribution is 2.36. The van der Waals surface area contributed by atoms with Crippen LogP contribution in [0.1, 0.15) is 52.5 Å². The molecular formula is C24H28N2O2S. The topological polar surface area (TPSA) is 45.5 Å². The number of hydrogen-bond donors (Lipinski definition) is 1. The number of hydrogen-bond acceptors (Lipinski definition) is 4. The summed E-state index contributed by atoms with van der Waals surface area (Å²) in [4.78, 5) is 17.1. The third-order valence-electron chi connectivity index (χ3n) is 6.48. The second-order valence-corrected chi connectivity index (χ2v) is 9.68. The highest BCUT2D eigenvalue weighted by Gasteiger charge is 2.24. The van der Waals surface area contributed by atoms with Crippen LogP contribution in [-0.4, -0.2) is 30.4 Å². The SMILES string of the molecule is Cc1cccc2occ(C3CCN(CCc4cc5c(s4)CCCC(=O)N5)CC3)c12. The van der Waals surface area contributed by atoms with Crippen molar-refractivity contribution in [3.05, 3.63) is 51.4 Å². The first-order valence-corrected chi connectivity index (χ1v) is 11.6. The summed E-state index contributed by atoms with van der Waals surface area (Å²) in [6.45, 7) is 5.57. The maximum atomic E-state index is 11.8. The molecule has 2 aliphatic heterocycles. The maximum absolute atomic E-state index is 11.8. The number of amides is 1. The second-order valence-electron chi connectivity index (χ2n) is 8.46. The van der Waals surface area contributed by atoms with Gasteiger partial charge in [0.15, 0.2) is 0 Å². The number of carbonyl (C=O) groups excluding carboxylic acids is 1. The predicted octanol–water partition coefficient (Wildman–Crippen LogP) is 5.50. The first-order valence-electron chi connectivity index (χ1n) is 10.8. The Hall–Kier alpha value is -2.11. The van der Waals surface area contributed by atoms with Gasteiger partial charge in [-0.1, -0.05) is 12.1 Å². The lowest BCUT2D eigenvalue weighted by Gasteiger charge is -2.31. The van der Waals surface area contributed by atoms with Gasteiger partial charge in [0.1, 0.15) is 5.58 Å². The van der Waals surface area contributed by atoms with Crippen LogP contribution in [0.4, 0.5) is 5.69 Å². The zero-order valence-corrected chi connectivity index (χ0v) is 17.8. The van der Waals surface area contributed by atoms with Gasteiger partial charge in [-0.2, -0.15) is 0 Å². The number of fused-ring (bicyclic) bond motifs is 2. The lowest BCUT2D eigenvalue weighted by molar-refractivity contribution is -0.116. The van der Waals surface area contributed by atoms with E-state index in [1.165, 1.54) is 39.1 Å². The molecule has 0 aliphatic carbocycles. The van der Waals surface area contributed by atoms with E-state index in [1.54, 1.807) is 0 Å². The molecule has 0 bridgehead atoms. The predicted molar refractivity (Wildman–Crippen MR) is 119 cm³/mol. The molecule has 1 fully saturated rings. The number of nitrogens with zero attached hydrogens (tertiary/aromatic N) is 1. The number of benzene rings is 1. The van der Waals surface area contributed by atoms with Crippen LogP contribution in [0.3, 0.4) is 0 Å². The first-order chi connectivity index (χ1) is 14.2. The van der Waals surface area contributed by atoms with Crippen molar-refractivity contribution in [3.63, 3.8) is 0 Å². The molecular weight excluding hydrogens is 380 g/mol. The van der Waals surface area contributed by atoms with Crippen molar-refractivity contribution >= 4 is 33.9 Å². The number of rotatable bonds is 4. The van der Waals surface area contributed by atoms with Crippen LogP contribution in [0.2, 0.25) is 0 Å². The van der Waals surface area contributed by atoms with Gasteiger partial charge in [0.2, 0.25) is 5.91 Å². The smallest absolute Gasteiger partial charge is 0.224 e. The molecule has 4 nitrogen and oxygen atoms in total. The molecule has 5 heteroatoms. The summed E-state index contributed by atoms with van der Waals surface area (Å²) in [5.41, 5.74) is 4.80. The number of likely N-dealkylation sites (tertiary alicyclic amines) is 1. The van der Waals surface area contributed by atoms with Crippen molar-refractivity contribution in [3.8, 4) is 0 Å². The quantitative estimate of drug-likeness (QED) is 0.620. The van der Waals surface area contributed by atoms with Crippen molar-refractivity contribution in [2.45, 2.75) is 51.4 Å². The van der Waals surface area contributed by atoms with Gasteiger partial charge in [-0.3, -0.25) is 4.79 Å². The summed E-state index contributed by atoms with van der Waals surface area (Å²) in [7, 11) is 0. The van der Waals surface area contributed by atoms with Crippen LogP contribution in [0.5, 0.6) is 0 Å². The van der Waals surface area contributed by atoms with E-state index in [4.69, 9.17) is 4.42 Å². The van der Waals surface area contributed by atoms with E-state index in [0.29, 0.717) is 12.3 Å². The lowest BCUT2D eigenvalue weighted by atomic mass is 9.88. The lowest BCUT2D eigenvalue weighted by Crippen LogP contribution is -2.34. The van der Waals surface area contributed by atoms with E-state index >= 15 is 0 Å². The monoisotopic (exact) mass is 408 g/mol. The van der Waals surface area contributed by atoms with Gasteiger partial charge in [0, 0.05) is 33.7 Å². The Morgan fingerprint density at radius 1 is 1.24 bits per heavy atom. The Morgan fingerprint density at radius 2 is 2.10 bits per heavy atom. The fraction of sp³-hybridized carbons (Fsp3) is 0.458. The summed E-state index contributed by atoms with van der Waals surface area (Å²) in [6.07, 6.45) is 8.10. The van der Waals surface area contributed by atoms with Crippen molar-refractivity contribution in [1.82, 2.24) is 4.90 Å². The van der Waals surface area contributed by atoms with Crippen LogP contribution in [0.15, 0.2) is 34.9 Å². The zero-order chi connectivity index (χ0) is 19.8. The Bertz CT molecular complexity index is 1030. The minimum absolute atomic E-state index is 0.164. The third-order valence-corrected chi connectivity index (χ3v) is 7.73. The van der Waals surface area contributed by atoms with Gasteiger partial charge in [0.25, 0.3) is 0 Å². The minimum Gasteiger partial charge on any atom is -0.464 e. The molecule has 0 saturated carbocycles. The zero-order valence-electron chi connectivity index (χ0n) is 17.0. The van der Waals surface area contributed by atoms with Crippen molar-refractivity contribution in [2.24, 2.45) is 0 Å². The van der Waals surface area contributed by atoms with E-state index in [0.717, 1.165) is 50.2 Å². The Morgan fingerprint density at radius 3 is 2.97 bits per heavy atom. The average Bonchev–Trinajstić information content (AvgIpc) is 3.28. The molecule has 2 aliphatic rings. The molecule has 0 radical (unpaired) electrons. The fourth-order valence-electron chi connectivity index (χ4n) is 4.85. The summed E-state index contributed by atoms with van der Waals surface area (Å²) in [5, 5.41) is 4.40. The van der Waals surface area contributed by atoms with Crippen LogP contribution in [0.25, 0.3) is 11.0 Å². The van der Waals surface area contributed by atoms with Gasteiger partial charge >= 0.3 is 0 Å². The Kier molecular flexibility index (Phi) is 5.18. The molecule has 29 heavy (non-hydrogen) atoms. The third kappa shape index (κ3) is 3.86. The summed E-state index contributed by atoms with van der Waals surface area (Å²) in [6, 6.07) is 8.53. The van der Waals surface area contributed by atoms with Crippen LogP contribution < -0.4 is 5.32 Å².